The second-order valence-corrected chi connectivity index (χ2v) is 11.6. The molecule has 39 heavy (non-hydrogen) atoms. The quantitative estimate of drug-likeness (QED) is 0.339. The lowest BCUT2D eigenvalue weighted by molar-refractivity contribution is -0.140. The van der Waals surface area contributed by atoms with Crippen LogP contribution in [0, 0.1) is 20.8 Å². The van der Waals surface area contributed by atoms with Crippen molar-refractivity contribution in [2.75, 3.05) is 17.4 Å². The topological polar surface area (TPSA) is 86.8 Å². The van der Waals surface area contributed by atoms with E-state index in [-0.39, 0.29) is 17.3 Å². The van der Waals surface area contributed by atoms with Crippen LogP contribution < -0.4 is 9.62 Å². The molecule has 3 aromatic rings. The third-order valence-electron chi connectivity index (χ3n) is 6.93. The Labute approximate surface area is 232 Å². The molecule has 0 spiro atoms. The molecule has 208 valence electrons. The smallest absolute Gasteiger partial charge is 0.264 e. The van der Waals surface area contributed by atoms with Crippen molar-refractivity contribution in [3.63, 3.8) is 0 Å². The lowest BCUT2D eigenvalue weighted by Gasteiger charge is -2.33. The molecule has 0 fully saturated rings. The van der Waals surface area contributed by atoms with Crippen LogP contribution in [0.3, 0.4) is 0 Å². The highest BCUT2D eigenvalue weighted by atomic mass is 32.2. The third-order valence-corrected chi connectivity index (χ3v) is 8.71. The number of sulfonamides is 1. The Morgan fingerprint density at radius 1 is 0.846 bits per heavy atom. The van der Waals surface area contributed by atoms with E-state index in [9.17, 15) is 18.0 Å². The third kappa shape index (κ3) is 7.26. The van der Waals surface area contributed by atoms with Gasteiger partial charge in [-0.3, -0.25) is 13.9 Å². The molecule has 0 aliphatic heterocycles. The molecule has 3 rings (SSSR count). The standard InChI is InChI=1S/C31H39N3O4S/c1-6-19-32-31(36)29(7-2)33(21-26-14-12-11-13-24(26)4)30(35)22-34(27-18-17-23(3)25(5)20-27)39(37,38)28-15-9-8-10-16-28/h8-18,20,29H,6-7,19,21-22H2,1-5H3,(H,32,36)/t29-/m0/s1. The Bertz CT molecular complexity index is 1390. The van der Waals surface area contributed by atoms with E-state index in [1.807, 2.05) is 65.0 Å². The highest BCUT2D eigenvalue weighted by Gasteiger charge is 2.33. The van der Waals surface area contributed by atoms with Gasteiger partial charge in [-0.05, 0) is 80.1 Å². The number of carbonyl (C=O) groups is 2. The van der Waals surface area contributed by atoms with Gasteiger partial charge >= 0.3 is 0 Å². The average molecular weight is 550 g/mol. The zero-order valence-corrected chi connectivity index (χ0v) is 24.3. The summed E-state index contributed by atoms with van der Waals surface area (Å²) >= 11 is 0. The number of carbonyl (C=O) groups excluding carboxylic acids is 2. The monoisotopic (exact) mass is 549 g/mol. The highest BCUT2D eigenvalue weighted by molar-refractivity contribution is 7.92. The van der Waals surface area contributed by atoms with Gasteiger partial charge in [0.25, 0.3) is 10.0 Å². The van der Waals surface area contributed by atoms with Crippen molar-refractivity contribution < 1.29 is 18.0 Å². The Hall–Kier alpha value is -3.65. The van der Waals surface area contributed by atoms with Gasteiger partial charge in [0.05, 0.1) is 10.6 Å². The van der Waals surface area contributed by atoms with Crippen LogP contribution in [-0.4, -0.2) is 44.3 Å². The molecule has 0 radical (unpaired) electrons. The molecule has 1 atom stereocenters. The average Bonchev–Trinajstić information content (AvgIpc) is 2.93. The van der Waals surface area contributed by atoms with E-state index >= 15 is 0 Å². The van der Waals surface area contributed by atoms with Crippen molar-refractivity contribution in [1.82, 2.24) is 10.2 Å². The van der Waals surface area contributed by atoms with Crippen LogP contribution in [0.4, 0.5) is 5.69 Å². The van der Waals surface area contributed by atoms with Crippen molar-refractivity contribution in [3.8, 4) is 0 Å². The van der Waals surface area contributed by atoms with Gasteiger partial charge in [-0.25, -0.2) is 8.42 Å². The summed E-state index contributed by atoms with van der Waals surface area (Å²) in [6.45, 7) is 9.88. The molecular weight excluding hydrogens is 510 g/mol. The number of rotatable bonds is 12. The van der Waals surface area contributed by atoms with E-state index in [0.29, 0.717) is 18.7 Å². The van der Waals surface area contributed by atoms with E-state index in [1.165, 1.54) is 17.0 Å². The Balaban J connectivity index is 2.07. The number of nitrogens with one attached hydrogen (secondary N) is 1. The molecule has 0 bridgehead atoms. The molecule has 2 amide bonds. The maximum Gasteiger partial charge on any atom is 0.264 e. The SMILES string of the molecule is CCCNC(=O)[C@H](CC)N(Cc1ccccc1C)C(=O)CN(c1ccc(C)c(C)c1)S(=O)(=O)c1ccccc1. The first-order valence-corrected chi connectivity index (χ1v) is 14.8. The minimum Gasteiger partial charge on any atom is -0.354 e. The number of benzene rings is 3. The molecule has 0 aliphatic carbocycles. The number of hydrogen-bond acceptors (Lipinski definition) is 4. The fourth-order valence-electron chi connectivity index (χ4n) is 4.39. The fourth-order valence-corrected chi connectivity index (χ4v) is 5.81. The molecule has 0 saturated carbocycles. The van der Waals surface area contributed by atoms with Gasteiger partial charge < -0.3 is 10.2 Å². The van der Waals surface area contributed by atoms with Gasteiger partial charge in [-0.1, -0.05) is 62.4 Å². The van der Waals surface area contributed by atoms with Gasteiger partial charge in [-0.2, -0.15) is 0 Å². The second-order valence-electron chi connectivity index (χ2n) is 9.76. The zero-order valence-electron chi connectivity index (χ0n) is 23.5. The summed E-state index contributed by atoms with van der Waals surface area (Å²) in [5.74, 6) is -0.695. The van der Waals surface area contributed by atoms with Crippen molar-refractivity contribution in [2.24, 2.45) is 0 Å². The van der Waals surface area contributed by atoms with Gasteiger partial charge in [0.1, 0.15) is 12.6 Å². The summed E-state index contributed by atoms with van der Waals surface area (Å²) in [6.07, 6.45) is 1.16. The van der Waals surface area contributed by atoms with Gasteiger partial charge in [0.2, 0.25) is 11.8 Å². The van der Waals surface area contributed by atoms with Gasteiger partial charge in [0.15, 0.2) is 0 Å². The molecule has 0 saturated heterocycles. The number of amides is 2. The number of nitrogens with zero attached hydrogens (tertiary/aromatic N) is 2. The van der Waals surface area contributed by atoms with E-state index in [2.05, 4.69) is 5.32 Å². The number of hydrogen-bond donors (Lipinski definition) is 1. The van der Waals surface area contributed by atoms with Crippen LogP contribution in [0.5, 0.6) is 0 Å². The minimum absolute atomic E-state index is 0.0919. The maximum atomic E-state index is 14.1. The normalized spacial score (nSPS) is 12.0. The Morgan fingerprint density at radius 2 is 1.51 bits per heavy atom. The molecule has 3 aromatic carbocycles. The predicted octanol–water partition coefficient (Wildman–Crippen LogP) is 5.14. The largest absolute Gasteiger partial charge is 0.354 e. The first-order valence-electron chi connectivity index (χ1n) is 13.4. The van der Waals surface area contributed by atoms with E-state index in [0.717, 1.165) is 33.0 Å². The van der Waals surface area contributed by atoms with Crippen LogP contribution in [0.25, 0.3) is 0 Å². The van der Waals surface area contributed by atoms with Gasteiger partial charge in [-0.15, -0.1) is 0 Å². The molecule has 0 aliphatic rings. The summed E-state index contributed by atoms with van der Waals surface area (Å²) in [6, 6.07) is 20.4. The Morgan fingerprint density at radius 3 is 2.13 bits per heavy atom. The lowest BCUT2D eigenvalue weighted by Crippen LogP contribution is -2.52. The van der Waals surface area contributed by atoms with Crippen LogP contribution in [0.2, 0.25) is 0 Å². The molecule has 1 N–H and O–H groups in total. The Kier molecular flexibility index (Phi) is 10.3. The zero-order chi connectivity index (χ0) is 28.6. The molecule has 0 unspecified atom stereocenters. The van der Waals surface area contributed by atoms with Gasteiger partial charge in [0, 0.05) is 13.1 Å². The highest BCUT2D eigenvalue weighted by Crippen LogP contribution is 2.27. The van der Waals surface area contributed by atoms with Crippen molar-refractivity contribution in [3.05, 3.63) is 95.1 Å². The fraction of sp³-hybridized carbons (Fsp3) is 0.355. The molecular formula is C31H39N3O4S. The lowest BCUT2D eigenvalue weighted by atomic mass is 10.1. The molecule has 0 heterocycles. The minimum atomic E-state index is -4.07. The molecule has 7 nitrogen and oxygen atoms in total. The molecule has 0 aromatic heterocycles. The van der Waals surface area contributed by atoms with Crippen LogP contribution in [0.1, 0.15) is 48.9 Å². The predicted molar refractivity (Wildman–Crippen MR) is 156 cm³/mol. The number of aryl methyl sites for hydroxylation is 3. The van der Waals surface area contributed by atoms with Crippen LogP contribution in [0.15, 0.2) is 77.7 Å². The summed E-state index contributed by atoms with van der Waals surface area (Å²) < 4.78 is 28.9. The second kappa shape index (κ2) is 13.4. The van der Waals surface area contributed by atoms with Crippen molar-refractivity contribution in [2.45, 2.75) is 64.9 Å². The van der Waals surface area contributed by atoms with E-state index < -0.39 is 28.5 Å². The van der Waals surface area contributed by atoms with E-state index in [1.54, 1.807) is 30.3 Å². The summed E-state index contributed by atoms with van der Waals surface area (Å²) in [7, 11) is -4.07. The van der Waals surface area contributed by atoms with Crippen LogP contribution >= 0.6 is 0 Å². The molecule has 8 heteroatoms. The van der Waals surface area contributed by atoms with Crippen LogP contribution in [-0.2, 0) is 26.2 Å². The first kappa shape index (κ1) is 29.9. The first-order chi connectivity index (χ1) is 18.6. The summed E-state index contributed by atoms with van der Waals surface area (Å²) in [5.41, 5.74) is 4.21. The summed E-state index contributed by atoms with van der Waals surface area (Å²) in [5, 5.41) is 2.91. The number of anilines is 1. The van der Waals surface area contributed by atoms with Crippen molar-refractivity contribution >= 4 is 27.5 Å². The summed E-state index contributed by atoms with van der Waals surface area (Å²) in [4.78, 5) is 28.9. The maximum absolute atomic E-state index is 14.1. The van der Waals surface area contributed by atoms with E-state index in [4.69, 9.17) is 0 Å². The van der Waals surface area contributed by atoms with Crippen molar-refractivity contribution in [1.29, 1.82) is 0 Å².